The Balaban J connectivity index is 1.33. The number of hydrogen-bond acceptors (Lipinski definition) is 9. The van der Waals surface area contributed by atoms with E-state index in [2.05, 4.69) is 51.9 Å². The van der Waals surface area contributed by atoms with Crippen LogP contribution in [-0.2, 0) is 16.0 Å². The zero-order valence-electron chi connectivity index (χ0n) is 17.4. The summed E-state index contributed by atoms with van der Waals surface area (Å²) in [6.45, 7) is 3.53. The lowest BCUT2D eigenvalue weighted by atomic mass is 9.70. The van der Waals surface area contributed by atoms with E-state index in [4.69, 9.17) is 4.98 Å². The van der Waals surface area contributed by atoms with Gasteiger partial charge in [0.2, 0.25) is 17.8 Å². The van der Waals surface area contributed by atoms with Crippen molar-refractivity contribution >= 4 is 61.1 Å². The molecule has 3 fully saturated rings. The van der Waals surface area contributed by atoms with Crippen LogP contribution >= 0.6 is 27.3 Å². The Bertz CT molecular complexity index is 1240. The van der Waals surface area contributed by atoms with Gasteiger partial charge < -0.3 is 10.2 Å². The minimum Gasteiger partial charge on any atom is -0.354 e. The smallest absolute Gasteiger partial charge is 0.235 e. The van der Waals surface area contributed by atoms with Gasteiger partial charge in [-0.15, -0.1) is 11.3 Å². The van der Waals surface area contributed by atoms with Gasteiger partial charge in [-0.25, -0.2) is 4.98 Å². The lowest BCUT2D eigenvalue weighted by Gasteiger charge is -2.25. The first-order valence-electron chi connectivity index (χ1n) is 10.6. The van der Waals surface area contributed by atoms with Gasteiger partial charge >= 0.3 is 0 Å². The average molecular weight is 517 g/mol. The first kappa shape index (κ1) is 20.0. The van der Waals surface area contributed by atoms with Gasteiger partial charge in [0.1, 0.15) is 0 Å². The van der Waals surface area contributed by atoms with Crippen LogP contribution in [0.1, 0.15) is 30.7 Å². The number of nitrogens with one attached hydrogen (secondary N) is 3. The Labute approximate surface area is 195 Å². The van der Waals surface area contributed by atoms with Crippen molar-refractivity contribution in [2.75, 3.05) is 29.9 Å². The number of thiophene rings is 1. The number of aromatic amines is 1. The number of halogens is 1. The van der Waals surface area contributed by atoms with Gasteiger partial charge in [-0.2, -0.15) is 20.4 Å². The summed E-state index contributed by atoms with van der Waals surface area (Å²) in [7, 11) is 0. The van der Waals surface area contributed by atoms with E-state index < -0.39 is 10.8 Å². The average Bonchev–Trinajstić information content (AvgIpc) is 3.50. The molecule has 0 spiro atoms. The van der Waals surface area contributed by atoms with Crippen molar-refractivity contribution in [1.29, 1.82) is 0 Å². The van der Waals surface area contributed by atoms with Gasteiger partial charge in [-0.05, 0) is 41.8 Å². The number of amides is 2. The van der Waals surface area contributed by atoms with Crippen LogP contribution in [0.5, 0.6) is 0 Å². The van der Waals surface area contributed by atoms with E-state index >= 15 is 0 Å². The maximum atomic E-state index is 12.8. The largest absolute Gasteiger partial charge is 0.354 e. The molecule has 2 atom stereocenters. The highest BCUT2D eigenvalue weighted by molar-refractivity contribution is 9.11. The number of hydrogen-bond donors (Lipinski definition) is 3. The molecule has 1 aliphatic carbocycles. The highest BCUT2D eigenvalue weighted by atomic mass is 79.9. The number of H-pyrrole nitrogens is 1. The predicted molar refractivity (Wildman–Crippen MR) is 123 cm³/mol. The molecule has 3 aliphatic rings. The number of aryl methyl sites for hydroxylation is 1. The molecule has 0 aromatic carbocycles. The minimum absolute atomic E-state index is 0.124. The fourth-order valence-corrected chi connectivity index (χ4v) is 7.19. The van der Waals surface area contributed by atoms with E-state index in [1.165, 1.54) is 0 Å². The van der Waals surface area contributed by atoms with E-state index in [1.54, 1.807) is 11.3 Å². The van der Waals surface area contributed by atoms with Gasteiger partial charge in [0, 0.05) is 26.1 Å². The Morgan fingerprint density at radius 1 is 1.19 bits per heavy atom. The SMILES string of the molecule is Cc1n[nH]nc1CCNc1nc(N2CC34CCCC3(C2)C(=O)NC4=O)c2sc(Br)cc2n1. The number of anilines is 2. The van der Waals surface area contributed by atoms with Crippen molar-refractivity contribution in [2.45, 2.75) is 32.6 Å². The normalized spacial score (nSPS) is 26.6. The molecule has 3 aromatic rings. The highest BCUT2D eigenvalue weighted by Gasteiger charge is 2.72. The lowest BCUT2D eigenvalue weighted by Crippen LogP contribution is -2.38. The van der Waals surface area contributed by atoms with Crippen LogP contribution in [-0.4, -0.2) is 56.8 Å². The fraction of sp³-hybridized carbons (Fsp3) is 0.500. The van der Waals surface area contributed by atoms with Crippen molar-refractivity contribution in [1.82, 2.24) is 30.7 Å². The molecule has 1 saturated carbocycles. The number of aromatic nitrogens is 5. The van der Waals surface area contributed by atoms with E-state index in [9.17, 15) is 9.59 Å². The molecule has 0 bridgehead atoms. The van der Waals surface area contributed by atoms with Crippen LogP contribution in [0.2, 0.25) is 0 Å². The quantitative estimate of drug-likeness (QED) is 0.440. The first-order valence-corrected chi connectivity index (χ1v) is 12.2. The van der Waals surface area contributed by atoms with Gasteiger partial charge in [0.05, 0.1) is 36.2 Å². The number of carbonyl (C=O) groups is 2. The second-order valence-corrected chi connectivity index (χ2v) is 11.3. The summed E-state index contributed by atoms with van der Waals surface area (Å²) in [6, 6.07) is 1.98. The van der Waals surface area contributed by atoms with Crippen LogP contribution in [0.15, 0.2) is 9.85 Å². The molecule has 32 heavy (non-hydrogen) atoms. The fourth-order valence-electron chi connectivity index (χ4n) is 5.65. The number of fused-ring (bicyclic) bond motifs is 1. The molecule has 166 valence electrons. The molecule has 2 saturated heterocycles. The maximum Gasteiger partial charge on any atom is 0.235 e. The summed E-state index contributed by atoms with van der Waals surface area (Å²) in [5.74, 6) is 1.05. The van der Waals surface area contributed by atoms with Crippen LogP contribution in [0.3, 0.4) is 0 Å². The molecule has 3 aromatic heterocycles. The lowest BCUT2D eigenvalue weighted by molar-refractivity contribution is -0.128. The van der Waals surface area contributed by atoms with Crippen molar-refractivity contribution in [2.24, 2.45) is 10.8 Å². The summed E-state index contributed by atoms with van der Waals surface area (Å²) in [4.78, 5) is 37.3. The van der Waals surface area contributed by atoms with E-state index in [1.807, 2.05) is 13.0 Å². The van der Waals surface area contributed by atoms with E-state index in [0.29, 0.717) is 32.0 Å². The standard InChI is InChI=1S/C20H21BrN8O2S/c1-10-11(27-28-26-10)3-6-22-18-23-12-7-13(21)32-14(12)15(24-18)29-8-19-4-2-5-20(19,9-29)17(31)25-16(19)30/h7H,2-6,8-9H2,1H3,(H,22,23,24)(H,25,30,31)(H,26,27,28). The molecule has 5 heterocycles. The number of carbonyl (C=O) groups excluding carboxylic acids is 2. The summed E-state index contributed by atoms with van der Waals surface area (Å²) in [5.41, 5.74) is 1.32. The summed E-state index contributed by atoms with van der Waals surface area (Å²) >= 11 is 5.13. The first-order chi connectivity index (χ1) is 15.4. The number of imide groups is 1. The second-order valence-electron chi connectivity index (χ2n) is 8.83. The predicted octanol–water partition coefficient (Wildman–Crippen LogP) is 2.17. The molecule has 0 radical (unpaired) electrons. The van der Waals surface area contributed by atoms with Crippen LogP contribution < -0.4 is 15.5 Å². The zero-order valence-corrected chi connectivity index (χ0v) is 19.8. The van der Waals surface area contributed by atoms with Crippen LogP contribution in [0.25, 0.3) is 10.2 Å². The molecule has 6 rings (SSSR count). The molecule has 10 nitrogen and oxygen atoms in total. The Kier molecular flexibility index (Phi) is 4.35. The molecule has 2 aliphatic heterocycles. The molecular formula is C20H21BrN8O2S. The van der Waals surface area contributed by atoms with E-state index in [0.717, 1.165) is 50.5 Å². The third-order valence-electron chi connectivity index (χ3n) is 7.23. The van der Waals surface area contributed by atoms with Gasteiger partial charge in [0.15, 0.2) is 5.82 Å². The third kappa shape index (κ3) is 2.68. The van der Waals surface area contributed by atoms with Gasteiger partial charge in [-0.3, -0.25) is 14.9 Å². The van der Waals surface area contributed by atoms with Crippen molar-refractivity contribution in [3.8, 4) is 0 Å². The monoisotopic (exact) mass is 516 g/mol. The third-order valence-corrected chi connectivity index (χ3v) is 8.85. The molecule has 2 amide bonds. The number of nitrogens with zero attached hydrogens (tertiary/aromatic N) is 5. The van der Waals surface area contributed by atoms with Gasteiger partial charge in [0.25, 0.3) is 0 Å². The van der Waals surface area contributed by atoms with E-state index in [-0.39, 0.29) is 11.8 Å². The van der Waals surface area contributed by atoms with Crippen molar-refractivity contribution in [3.63, 3.8) is 0 Å². The second kappa shape index (κ2) is 6.95. The Morgan fingerprint density at radius 3 is 2.62 bits per heavy atom. The zero-order chi connectivity index (χ0) is 22.1. The summed E-state index contributed by atoms with van der Waals surface area (Å²) < 4.78 is 1.91. The van der Waals surface area contributed by atoms with Gasteiger partial charge in [-0.1, -0.05) is 6.42 Å². The molecule has 12 heteroatoms. The van der Waals surface area contributed by atoms with Crippen LogP contribution in [0.4, 0.5) is 11.8 Å². The Morgan fingerprint density at radius 2 is 1.94 bits per heavy atom. The van der Waals surface area contributed by atoms with Crippen molar-refractivity contribution < 1.29 is 9.59 Å². The highest BCUT2D eigenvalue weighted by Crippen LogP contribution is 2.61. The van der Waals surface area contributed by atoms with Crippen LogP contribution in [0, 0.1) is 17.8 Å². The Hall–Kier alpha value is -2.60. The molecule has 3 N–H and O–H groups in total. The maximum absolute atomic E-state index is 12.8. The summed E-state index contributed by atoms with van der Waals surface area (Å²) in [5, 5.41) is 16.8. The summed E-state index contributed by atoms with van der Waals surface area (Å²) in [6.07, 6.45) is 3.08. The molecule has 2 unspecified atom stereocenters. The number of rotatable bonds is 5. The minimum atomic E-state index is -0.645. The topological polar surface area (TPSA) is 129 Å². The molecular weight excluding hydrogens is 496 g/mol. The van der Waals surface area contributed by atoms with Crippen molar-refractivity contribution in [3.05, 3.63) is 21.2 Å².